The zero-order chi connectivity index (χ0) is 18.1. The van der Waals surface area contributed by atoms with Crippen molar-refractivity contribution in [2.45, 2.75) is 43.4 Å². The third-order valence-electron chi connectivity index (χ3n) is 4.28. The second-order valence-corrected chi connectivity index (χ2v) is 7.89. The van der Waals surface area contributed by atoms with E-state index in [2.05, 4.69) is 16.7 Å². The number of rotatable bonds is 9. The average Bonchev–Trinajstić information content (AvgIpc) is 2.59. The number of carbonyl (C=O) groups is 1. The maximum atomic E-state index is 11.8. The van der Waals surface area contributed by atoms with E-state index in [4.69, 9.17) is 5.14 Å². The number of amides is 1. The SMILES string of the molecule is NS(=O)(=O)c1ccc(CCNC(=O)CNCCC2=CCCCC2)cc1. The van der Waals surface area contributed by atoms with Crippen molar-refractivity contribution in [1.29, 1.82) is 0 Å². The molecule has 0 unspecified atom stereocenters. The fourth-order valence-corrected chi connectivity index (χ4v) is 3.35. The standard InChI is InChI=1S/C18H27N3O3S/c19-25(23,24)17-8-6-16(7-9-17)11-13-21-18(22)14-20-12-10-15-4-2-1-3-5-15/h4,6-9,20H,1-3,5,10-14H2,(H,21,22)(H2,19,23,24). The van der Waals surface area contributed by atoms with E-state index in [1.54, 1.807) is 12.1 Å². The number of hydrogen-bond acceptors (Lipinski definition) is 4. The second-order valence-electron chi connectivity index (χ2n) is 6.32. The van der Waals surface area contributed by atoms with Crippen molar-refractivity contribution in [2.75, 3.05) is 19.6 Å². The summed E-state index contributed by atoms with van der Waals surface area (Å²) in [5, 5.41) is 11.1. The van der Waals surface area contributed by atoms with Gasteiger partial charge in [0.25, 0.3) is 0 Å². The summed E-state index contributed by atoms with van der Waals surface area (Å²) >= 11 is 0. The Kier molecular flexibility index (Phi) is 7.61. The quantitative estimate of drug-likeness (QED) is 0.456. The van der Waals surface area contributed by atoms with Crippen molar-refractivity contribution in [2.24, 2.45) is 5.14 Å². The van der Waals surface area contributed by atoms with Crippen LogP contribution in [0.5, 0.6) is 0 Å². The first-order chi connectivity index (χ1) is 11.9. The van der Waals surface area contributed by atoms with Crippen molar-refractivity contribution in [3.05, 3.63) is 41.5 Å². The summed E-state index contributed by atoms with van der Waals surface area (Å²) in [4.78, 5) is 11.9. The second kappa shape index (κ2) is 9.70. The Hall–Kier alpha value is -1.70. The number of allylic oxidation sites excluding steroid dienone is 1. The van der Waals surface area contributed by atoms with Crippen LogP contribution in [0.2, 0.25) is 0 Å². The van der Waals surface area contributed by atoms with E-state index in [0.717, 1.165) is 18.5 Å². The topological polar surface area (TPSA) is 101 Å². The third-order valence-corrected chi connectivity index (χ3v) is 5.21. The summed E-state index contributed by atoms with van der Waals surface area (Å²) in [6, 6.07) is 6.38. The molecule has 6 nitrogen and oxygen atoms in total. The Balaban J connectivity index is 1.59. The number of hydrogen-bond donors (Lipinski definition) is 3. The van der Waals surface area contributed by atoms with Crippen LogP contribution < -0.4 is 15.8 Å². The molecule has 1 aromatic carbocycles. The van der Waals surface area contributed by atoms with Crippen molar-refractivity contribution < 1.29 is 13.2 Å². The molecule has 0 atom stereocenters. The van der Waals surface area contributed by atoms with Crippen LogP contribution in [0.1, 0.15) is 37.7 Å². The Bertz CT molecular complexity index is 697. The van der Waals surface area contributed by atoms with Crippen molar-refractivity contribution in [3.8, 4) is 0 Å². The molecule has 0 bridgehead atoms. The molecule has 0 saturated heterocycles. The van der Waals surface area contributed by atoms with Gasteiger partial charge in [-0.2, -0.15) is 0 Å². The van der Waals surface area contributed by atoms with Crippen LogP contribution in [-0.2, 0) is 21.2 Å². The number of nitrogens with two attached hydrogens (primary N) is 1. The van der Waals surface area contributed by atoms with Gasteiger partial charge in [-0.15, -0.1) is 0 Å². The maximum absolute atomic E-state index is 11.8. The Labute approximate surface area is 149 Å². The lowest BCUT2D eigenvalue weighted by Gasteiger charge is -2.13. The lowest BCUT2D eigenvalue weighted by molar-refractivity contribution is -0.120. The summed E-state index contributed by atoms with van der Waals surface area (Å²) in [6.07, 6.45) is 8.94. The molecule has 0 spiro atoms. The highest BCUT2D eigenvalue weighted by Crippen LogP contribution is 2.19. The molecule has 1 aliphatic carbocycles. The minimum Gasteiger partial charge on any atom is -0.355 e. The highest BCUT2D eigenvalue weighted by Gasteiger charge is 2.07. The molecule has 1 aromatic rings. The number of nitrogens with one attached hydrogen (secondary N) is 2. The lowest BCUT2D eigenvalue weighted by atomic mass is 9.97. The molecule has 0 heterocycles. The molecule has 0 aliphatic heterocycles. The fraction of sp³-hybridized carbons (Fsp3) is 0.500. The zero-order valence-corrected chi connectivity index (χ0v) is 15.3. The first-order valence-electron chi connectivity index (χ1n) is 8.72. The van der Waals surface area contributed by atoms with Crippen LogP contribution in [-0.4, -0.2) is 34.0 Å². The lowest BCUT2D eigenvalue weighted by Crippen LogP contribution is -2.35. The maximum Gasteiger partial charge on any atom is 0.238 e. The van der Waals surface area contributed by atoms with Gasteiger partial charge in [-0.05, 0) is 62.8 Å². The van der Waals surface area contributed by atoms with E-state index >= 15 is 0 Å². The molecule has 25 heavy (non-hydrogen) atoms. The molecule has 4 N–H and O–H groups in total. The van der Waals surface area contributed by atoms with Crippen molar-refractivity contribution >= 4 is 15.9 Å². The van der Waals surface area contributed by atoms with Gasteiger partial charge in [0, 0.05) is 6.54 Å². The van der Waals surface area contributed by atoms with E-state index in [0.29, 0.717) is 19.5 Å². The number of carbonyl (C=O) groups excluding carboxylic acids is 1. The first-order valence-corrected chi connectivity index (χ1v) is 10.3. The molecule has 7 heteroatoms. The van der Waals surface area contributed by atoms with E-state index in [9.17, 15) is 13.2 Å². The van der Waals surface area contributed by atoms with Crippen LogP contribution in [0.15, 0.2) is 40.8 Å². The van der Waals surface area contributed by atoms with Crippen LogP contribution in [0.25, 0.3) is 0 Å². The Morgan fingerprint density at radius 3 is 2.48 bits per heavy atom. The van der Waals surface area contributed by atoms with E-state index < -0.39 is 10.0 Å². The predicted molar refractivity (Wildman–Crippen MR) is 98.6 cm³/mol. The highest BCUT2D eigenvalue weighted by atomic mass is 32.2. The van der Waals surface area contributed by atoms with Gasteiger partial charge in [0.05, 0.1) is 11.4 Å². The number of primary sulfonamides is 1. The summed E-state index contributed by atoms with van der Waals surface area (Å²) in [7, 11) is -3.66. The third kappa shape index (κ3) is 7.37. The van der Waals surface area contributed by atoms with Crippen molar-refractivity contribution in [3.63, 3.8) is 0 Å². The fourth-order valence-electron chi connectivity index (χ4n) is 2.84. The zero-order valence-electron chi connectivity index (χ0n) is 14.5. The number of benzene rings is 1. The van der Waals surface area contributed by atoms with Gasteiger partial charge in [0.15, 0.2) is 0 Å². The summed E-state index contributed by atoms with van der Waals surface area (Å²) in [5.41, 5.74) is 2.45. The normalized spacial score (nSPS) is 14.8. The molecule has 1 amide bonds. The molecule has 0 fully saturated rings. The molecule has 0 saturated carbocycles. The molecular formula is C18H27N3O3S. The summed E-state index contributed by atoms with van der Waals surface area (Å²) < 4.78 is 22.4. The van der Waals surface area contributed by atoms with Crippen LogP contribution >= 0.6 is 0 Å². The molecule has 138 valence electrons. The highest BCUT2D eigenvalue weighted by molar-refractivity contribution is 7.89. The van der Waals surface area contributed by atoms with Gasteiger partial charge in [0.2, 0.25) is 15.9 Å². The molecule has 1 aliphatic rings. The summed E-state index contributed by atoms with van der Waals surface area (Å²) in [6.45, 7) is 1.66. The molecular weight excluding hydrogens is 338 g/mol. The van der Waals surface area contributed by atoms with E-state index in [1.165, 1.54) is 43.4 Å². The minimum atomic E-state index is -3.66. The molecule has 0 radical (unpaired) electrons. The van der Waals surface area contributed by atoms with Crippen molar-refractivity contribution in [1.82, 2.24) is 10.6 Å². The number of sulfonamides is 1. The average molecular weight is 365 g/mol. The van der Waals surface area contributed by atoms with E-state index in [1.807, 2.05) is 0 Å². The Morgan fingerprint density at radius 1 is 1.08 bits per heavy atom. The van der Waals surface area contributed by atoms with Gasteiger partial charge in [-0.3, -0.25) is 4.79 Å². The first kappa shape index (κ1) is 19.6. The van der Waals surface area contributed by atoms with Gasteiger partial charge in [0.1, 0.15) is 0 Å². The molecule has 2 rings (SSSR count). The predicted octanol–water partition coefficient (Wildman–Crippen LogP) is 1.47. The largest absolute Gasteiger partial charge is 0.355 e. The monoisotopic (exact) mass is 365 g/mol. The van der Waals surface area contributed by atoms with Gasteiger partial charge >= 0.3 is 0 Å². The van der Waals surface area contributed by atoms with Crippen LogP contribution in [0, 0.1) is 0 Å². The minimum absolute atomic E-state index is 0.0289. The Morgan fingerprint density at radius 2 is 1.84 bits per heavy atom. The van der Waals surface area contributed by atoms with Gasteiger partial charge < -0.3 is 10.6 Å². The van der Waals surface area contributed by atoms with E-state index in [-0.39, 0.29) is 10.8 Å². The van der Waals surface area contributed by atoms with Crippen LogP contribution in [0.4, 0.5) is 0 Å². The van der Waals surface area contributed by atoms with Gasteiger partial charge in [-0.25, -0.2) is 13.6 Å². The summed E-state index contributed by atoms with van der Waals surface area (Å²) in [5.74, 6) is -0.0289. The smallest absolute Gasteiger partial charge is 0.238 e. The van der Waals surface area contributed by atoms with Crippen LogP contribution in [0.3, 0.4) is 0 Å². The molecule has 0 aromatic heterocycles. The van der Waals surface area contributed by atoms with Gasteiger partial charge in [-0.1, -0.05) is 23.8 Å².